The number of pyridine rings is 2. The van der Waals surface area contributed by atoms with Crippen LogP contribution >= 0.6 is 0 Å². The topological polar surface area (TPSA) is 95.8 Å². The minimum Gasteiger partial charge on any atom is -0.441 e. The molecular formula is C23H18N4O2. The number of benzene rings is 1. The Balaban J connectivity index is 1.56. The molecule has 0 aliphatic heterocycles. The molecule has 142 valence electrons. The quantitative estimate of drug-likeness (QED) is 0.557. The van der Waals surface area contributed by atoms with Gasteiger partial charge in [0.25, 0.3) is 0 Å². The van der Waals surface area contributed by atoms with E-state index < -0.39 is 6.10 Å². The zero-order chi connectivity index (χ0) is 19.8. The summed E-state index contributed by atoms with van der Waals surface area (Å²) in [4.78, 5) is 13.3. The highest BCUT2D eigenvalue weighted by molar-refractivity contribution is 5.87. The molecule has 0 radical (unpaired) electrons. The van der Waals surface area contributed by atoms with E-state index in [1.807, 2.05) is 36.4 Å². The van der Waals surface area contributed by atoms with E-state index in [2.05, 4.69) is 21.0 Å². The van der Waals surface area contributed by atoms with Gasteiger partial charge in [0.05, 0.1) is 29.9 Å². The van der Waals surface area contributed by atoms with Crippen LogP contribution in [0.3, 0.4) is 0 Å². The summed E-state index contributed by atoms with van der Waals surface area (Å²) in [6, 6.07) is 15.4. The van der Waals surface area contributed by atoms with Gasteiger partial charge in [-0.1, -0.05) is 18.2 Å². The van der Waals surface area contributed by atoms with E-state index in [-0.39, 0.29) is 0 Å². The van der Waals surface area contributed by atoms with Crippen molar-refractivity contribution < 1.29 is 9.52 Å². The van der Waals surface area contributed by atoms with Gasteiger partial charge in [-0.2, -0.15) is 5.26 Å². The Morgan fingerprint density at radius 2 is 2.07 bits per heavy atom. The van der Waals surface area contributed by atoms with Crippen LogP contribution < -0.4 is 0 Å². The van der Waals surface area contributed by atoms with Crippen molar-refractivity contribution in [2.45, 2.75) is 25.4 Å². The average molecular weight is 382 g/mol. The summed E-state index contributed by atoms with van der Waals surface area (Å²) < 4.78 is 5.93. The second-order valence-corrected chi connectivity index (χ2v) is 7.34. The van der Waals surface area contributed by atoms with Crippen LogP contribution in [0.1, 0.15) is 24.4 Å². The van der Waals surface area contributed by atoms with E-state index in [0.717, 1.165) is 34.9 Å². The minimum absolute atomic E-state index is 0.328. The van der Waals surface area contributed by atoms with Crippen LogP contribution in [0.5, 0.6) is 0 Å². The smallest absolute Gasteiger partial charge is 0.197 e. The van der Waals surface area contributed by atoms with Crippen LogP contribution in [0.2, 0.25) is 0 Å². The maximum Gasteiger partial charge on any atom is 0.197 e. The number of rotatable bonds is 5. The number of aliphatic hydroxyl groups is 1. The second kappa shape index (κ2) is 7.12. The second-order valence-electron chi connectivity index (χ2n) is 7.34. The molecule has 4 aromatic rings. The number of nitrogens with zero attached hydrogens (tertiary/aromatic N) is 4. The molecular weight excluding hydrogens is 364 g/mol. The van der Waals surface area contributed by atoms with E-state index in [4.69, 9.17) is 4.42 Å². The Kier molecular flexibility index (Phi) is 4.30. The van der Waals surface area contributed by atoms with Crippen molar-refractivity contribution in [1.29, 1.82) is 5.26 Å². The van der Waals surface area contributed by atoms with Gasteiger partial charge in [-0.3, -0.25) is 4.98 Å². The molecule has 1 N–H and O–H groups in total. The molecule has 1 atom stereocenters. The molecule has 1 aliphatic carbocycles. The van der Waals surface area contributed by atoms with Gasteiger partial charge in [-0.25, -0.2) is 9.97 Å². The molecule has 0 spiro atoms. The number of hydrogen-bond donors (Lipinski definition) is 1. The average Bonchev–Trinajstić information content (AvgIpc) is 3.52. The van der Waals surface area contributed by atoms with E-state index in [0.29, 0.717) is 35.4 Å². The molecule has 1 aliphatic rings. The van der Waals surface area contributed by atoms with Crippen molar-refractivity contribution in [3.8, 4) is 28.7 Å². The lowest BCUT2D eigenvalue weighted by Crippen LogP contribution is -2.12. The van der Waals surface area contributed by atoms with Crippen LogP contribution in [0.25, 0.3) is 33.5 Å². The third kappa shape index (κ3) is 3.48. The van der Waals surface area contributed by atoms with Crippen LogP contribution in [0.15, 0.2) is 59.3 Å². The lowest BCUT2D eigenvalue weighted by Gasteiger charge is -2.08. The summed E-state index contributed by atoms with van der Waals surface area (Å²) in [5, 5.41) is 20.5. The number of aromatic nitrogens is 3. The molecule has 29 heavy (non-hydrogen) atoms. The van der Waals surface area contributed by atoms with E-state index in [1.54, 1.807) is 18.5 Å². The first kappa shape index (κ1) is 17.5. The monoisotopic (exact) mass is 382 g/mol. The van der Waals surface area contributed by atoms with Crippen LogP contribution in [-0.4, -0.2) is 26.2 Å². The number of aliphatic hydroxyl groups excluding tert-OH is 1. The zero-order valence-corrected chi connectivity index (χ0v) is 15.6. The van der Waals surface area contributed by atoms with E-state index >= 15 is 0 Å². The third-order valence-electron chi connectivity index (χ3n) is 5.26. The van der Waals surface area contributed by atoms with Crippen LogP contribution in [0.4, 0.5) is 0 Å². The molecule has 0 saturated heterocycles. The molecule has 1 saturated carbocycles. The Labute approximate surface area is 167 Å². The van der Waals surface area contributed by atoms with Gasteiger partial charge in [0.1, 0.15) is 11.8 Å². The van der Waals surface area contributed by atoms with Crippen molar-refractivity contribution in [3.63, 3.8) is 0 Å². The number of hydrogen-bond acceptors (Lipinski definition) is 6. The van der Waals surface area contributed by atoms with Crippen molar-refractivity contribution in [2.24, 2.45) is 5.92 Å². The largest absolute Gasteiger partial charge is 0.441 e. The first-order chi connectivity index (χ1) is 14.2. The first-order valence-corrected chi connectivity index (χ1v) is 9.61. The summed E-state index contributed by atoms with van der Waals surface area (Å²) in [6.45, 7) is 0. The summed E-state index contributed by atoms with van der Waals surface area (Å²) >= 11 is 0. The molecule has 3 aromatic heterocycles. The Bertz CT molecular complexity index is 1240. The Morgan fingerprint density at radius 3 is 2.90 bits per heavy atom. The lowest BCUT2D eigenvalue weighted by atomic mass is 10.0. The molecule has 1 unspecified atom stereocenters. The van der Waals surface area contributed by atoms with Gasteiger partial charge in [0.15, 0.2) is 11.7 Å². The number of oxazole rings is 1. The summed E-state index contributed by atoms with van der Waals surface area (Å²) in [5.74, 6) is 1.44. The van der Waals surface area contributed by atoms with Crippen molar-refractivity contribution >= 4 is 10.9 Å². The Hall–Kier alpha value is -3.56. The highest BCUT2D eigenvalue weighted by atomic mass is 16.4. The van der Waals surface area contributed by atoms with E-state index in [9.17, 15) is 10.4 Å². The normalized spacial score (nSPS) is 14.6. The summed E-state index contributed by atoms with van der Waals surface area (Å²) in [6.07, 6.45) is 5.53. The minimum atomic E-state index is -0.411. The first-order valence-electron chi connectivity index (χ1n) is 9.61. The van der Waals surface area contributed by atoms with Gasteiger partial charge in [-0.15, -0.1) is 0 Å². The maximum atomic E-state index is 10.2. The Morgan fingerprint density at radius 1 is 1.17 bits per heavy atom. The summed E-state index contributed by atoms with van der Waals surface area (Å²) in [5.41, 5.74) is 3.42. The number of fused-ring (bicyclic) bond motifs is 1. The highest BCUT2D eigenvalue weighted by Crippen LogP contribution is 2.35. The fraction of sp³-hybridized carbons (Fsp3) is 0.217. The van der Waals surface area contributed by atoms with Gasteiger partial charge in [-0.05, 0) is 43.0 Å². The van der Waals surface area contributed by atoms with E-state index in [1.165, 1.54) is 0 Å². The molecule has 0 amide bonds. The van der Waals surface area contributed by atoms with Crippen molar-refractivity contribution in [3.05, 3.63) is 66.4 Å². The van der Waals surface area contributed by atoms with Gasteiger partial charge >= 0.3 is 0 Å². The maximum absolute atomic E-state index is 10.2. The molecule has 1 aromatic carbocycles. The predicted molar refractivity (Wildman–Crippen MR) is 108 cm³/mol. The van der Waals surface area contributed by atoms with Gasteiger partial charge < -0.3 is 9.52 Å². The standard InChI is InChI=1S/C23H18N4O2/c24-12-17-7-8-18(21-13-26-22(29-21)11-20(28)15-4-5-15)23(27-17)16-6-3-14-2-1-9-25-19(14)10-16/h1-3,6-10,13,15,20,28H,4-5,11H2. The third-order valence-corrected chi connectivity index (χ3v) is 5.26. The SMILES string of the molecule is N#Cc1ccc(-c2cnc(CC(O)C3CC3)o2)c(-c2ccc3cccnc3c2)n1. The summed E-state index contributed by atoms with van der Waals surface area (Å²) in [7, 11) is 0. The molecule has 6 nitrogen and oxygen atoms in total. The van der Waals surface area contributed by atoms with Gasteiger partial charge in [0.2, 0.25) is 0 Å². The number of nitriles is 1. The fourth-order valence-electron chi connectivity index (χ4n) is 3.51. The molecule has 1 fully saturated rings. The van der Waals surface area contributed by atoms with Crippen molar-refractivity contribution in [2.75, 3.05) is 0 Å². The molecule has 0 bridgehead atoms. The fourth-order valence-corrected chi connectivity index (χ4v) is 3.51. The van der Waals surface area contributed by atoms with Crippen molar-refractivity contribution in [1.82, 2.24) is 15.0 Å². The lowest BCUT2D eigenvalue weighted by molar-refractivity contribution is 0.143. The highest BCUT2D eigenvalue weighted by Gasteiger charge is 2.30. The van der Waals surface area contributed by atoms with Gasteiger partial charge in [0, 0.05) is 22.7 Å². The molecule has 5 rings (SSSR count). The van der Waals surface area contributed by atoms with Crippen LogP contribution in [0, 0.1) is 17.2 Å². The van der Waals surface area contributed by atoms with Crippen LogP contribution in [-0.2, 0) is 6.42 Å². The molecule has 3 heterocycles. The molecule has 6 heteroatoms. The zero-order valence-electron chi connectivity index (χ0n) is 15.6. The predicted octanol–water partition coefficient (Wildman–Crippen LogP) is 4.14.